The molecule has 1 saturated heterocycles. The van der Waals surface area contributed by atoms with Crippen LogP contribution < -0.4 is 5.48 Å². The summed E-state index contributed by atoms with van der Waals surface area (Å²) in [7, 11) is 1.72. The van der Waals surface area contributed by atoms with Gasteiger partial charge < -0.3 is 9.57 Å². The summed E-state index contributed by atoms with van der Waals surface area (Å²) < 4.78 is 7.04. The average Bonchev–Trinajstić information content (AvgIpc) is 3.38. The maximum absolute atomic E-state index is 12.3. The number of ether oxygens (including phenoxy) is 1. The van der Waals surface area contributed by atoms with Gasteiger partial charge in [0.1, 0.15) is 0 Å². The molecule has 1 heterocycles. The van der Waals surface area contributed by atoms with Crippen molar-refractivity contribution in [1.82, 2.24) is 5.48 Å². The first-order valence-electron chi connectivity index (χ1n) is 12.6. The zero-order chi connectivity index (χ0) is 21.8. The summed E-state index contributed by atoms with van der Waals surface area (Å²) in [5.41, 5.74) is 6.56. The van der Waals surface area contributed by atoms with E-state index in [1.807, 2.05) is 6.08 Å². The molecule has 8 atom stereocenters. The Balaban J connectivity index is 1.46. The lowest BCUT2D eigenvalue weighted by molar-refractivity contribution is -0.169. The Morgan fingerprint density at radius 2 is 2.00 bits per heavy atom. The highest BCUT2D eigenvalue weighted by molar-refractivity contribution is 5.92. The van der Waals surface area contributed by atoms with Crippen LogP contribution in [0.5, 0.6) is 0 Å². The van der Waals surface area contributed by atoms with Crippen LogP contribution in [0, 0.1) is 40.4 Å². The summed E-state index contributed by atoms with van der Waals surface area (Å²) in [6.45, 7) is 10.4. The highest BCUT2D eigenvalue weighted by Gasteiger charge is 2.78. The lowest BCUT2D eigenvalue weighted by atomic mass is 9.47. The van der Waals surface area contributed by atoms with E-state index >= 15 is 0 Å². The van der Waals surface area contributed by atoms with E-state index in [1.54, 1.807) is 12.7 Å². The molecule has 4 fully saturated rings. The number of hydrogen-bond donors (Lipinski definition) is 1. The zero-order valence-electron chi connectivity index (χ0n) is 19.9. The normalized spacial score (nSPS) is 51.5. The Kier molecular flexibility index (Phi) is 4.21. The summed E-state index contributed by atoms with van der Waals surface area (Å²) >= 11 is 0. The van der Waals surface area contributed by atoms with Crippen molar-refractivity contribution < 1.29 is 14.4 Å². The van der Waals surface area contributed by atoms with Gasteiger partial charge in [0.25, 0.3) is 0 Å². The van der Waals surface area contributed by atoms with E-state index in [4.69, 9.17) is 9.57 Å². The third-order valence-corrected chi connectivity index (χ3v) is 10.7. The maximum Gasteiger partial charge on any atom is 0.155 e. The van der Waals surface area contributed by atoms with E-state index in [0.29, 0.717) is 30.0 Å². The van der Waals surface area contributed by atoms with Gasteiger partial charge in [0.05, 0.1) is 18.3 Å². The minimum Gasteiger partial charge on any atom is -0.368 e. The number of carbonyl (C=O) groups is 1. The Labute approximate surface area is 187 Å². The monoisotopic (exact) mass is 425 g/mol. The van der Waals surface area contributed by atoms with Crippen molar-refractivity contribution in [3.8, 4) is 0 Å². The Morgan fingerprint density at radius 3 is 2.71 bits per heavy atom. The van der Waals surface area contributed by atoms with E-state index < -0.39 is 0 Å². The molecule has 0 aromatic carbocycles. The second-order valence-electron chi connectivity index (χ2n) is 12.6. The van der Waals surface area contributed by atoms with Gasteiger partial charge >= 0.3 is 0 Å². The zero-order valence-corrected chi connectivity index (χ0v) is 19.9. The maximum atomic E-state index is 12.3. The summed E-state index contributed by atoms with van der Waals surface area (Å²) in [6.07, 6.45) is 12.2. The predicted molar refractivity (Wildman–Crippen MR) is 120 cm³/mol. The largest absolute Gasteiger partial charge is 0.368 e. The number of allylic oxidation sites excluding steroid dienone is 4. The Hall–Kier alpha value is -0.970. The Bertz CT molecular complexity index is 889. The van der Waals surface area contributed by atoms with Crippen molar-refractivity contribution in [2.45, 2.75) is 83.8 Å². The fourth-order valence-corrected chi connectivity index (χ4v) is 9.21. The number of carbonyl (C=O) groups excluding carboxylic acids is 1. The van der Waals surface area contributed by atoms with Crippen LogP contribution in [0.1, 0.15) is 72.6 Å². The van der Waals surface area contributed by atoms with Crippen LogP contribution in [0.3, 0.4) is 0 Å². The lowest BCUT2D eigenvalue weighted by Crippen LogP contribution is -2.56. The molecule has 3 saturated carbocycles. The van der Waals surface area contributed by atoms with Gasteiger partial charge in [-0.2, -0.15) is 0 Å². The van der Waals surface area contributed by atoms with E-state index in [0.717, 1.165) is 37.6 Å². The molecule has 0 bridgehead atoms. The molecule has 6 rings (SSSR count). The SMILES string of the molecule is CONC[C@@H]1CC2=CC(=O)CC[C@]2(C)C2=CC[C@@]3(C)C(C21)[C@@H]1C[C@@H]1[C@@]31CCC(C)(C)O1. The van der Waals surface area contributed by atoms with Gasteiger partial charge in [0.2, 0.25) is 0 Å². The van der Waals surface area contributed by atoms with Gasteiger partial charge in [-0.3, -0.25) is 4.79 Å². The van der Waals surface area contributed by atoms with Crippen LogP contribution in [0.2, 0.25) is 0 Å². The summed E-state index contributed by atoms with van der Waals surface area (Å²) in [6, 6.07) is 0. The summed E-state index contributed by atoms with van der Waals surface area (Å²) in [5, 5.41) is 0. The fraction of sp³-hybridized carbons (Fsp3) is 0.815. The molecule has 2 unspecified atom stereocenters. The number of ketones is 1. The number of rotatable bonds is 3. The molecule has 4 heteroatoms. The molecule has 6 aliphatic rings. The number of nitrogens with one attached hydrogen (secondary N) is 1. The molecule has 5 aliphatic carbocycles. The smallest absolute Gasteiger partial charge is 0.155 e. The lowest BCUT2D eigenvalue weighted by Gasteiger charge is -2.59. The second-order valence-corrected chi connectivity index (χ2v) is 12.6. The van der Waals surface area contributed by atoms with Gasteiger partial charge in [-0.15, -0.1) is 0 Å². The highest BCUT2D eigenvalue weighted by atomic mass is 16.6. The van der Waals surface area contributed by atoms with Crippen LogP contribution in [0.15, 0.2) is 23.3 Å². The first kappa shape index (κ1) is 20.6. The molecule has 0 radical (unpaired) electrons. The average molecular weight is 426 g/mol. The second kappa shape index (κ2) is 6.33. The highest BCUT2D eigenvalue weighted by Crippen LogP contribution is 2.79. The number of hydrogen-bond acceptors (Lipinski definition) is 4. The van der Waals surface area contributed by atoms with Crippen molar-refractivity contribution in [1.29, 1.82) is 0 Å². The third-order valence-electron chi connectivity index (χ3n) is 10.7. The third kappa shape index (κ3) is 2.56. The van der Waals surface area contributed by atoms with E-state index in [-0.39, 0.29) is 22.0 Å². The first-order valence-corrected chi connectivity index (χ1v) is 12.6. The summed E-state index contributed by atoms with van der Waals surface area (Å²) in [5.74, 6) is 3.59. The molecular formula is C27H39NO3. The quantitative estimate of drug-likeness (QED) is 0.511. The first-order chi connectivity index (χ1) is 14.7. The number of hydroxylamine groups is 1. The van der Waals surface area contributed by atoms with Gasteiger partial charge in [-0.25, -0.2) is 5.48 Å². The molecule has 0 aromatic rings. The van der Waals surface area contributed by atoms with Gasteiger partial charge in [-0.05, 0) is 88.0 Å². The van der Waals surface area contributed by atoms with Crippen molar-refractivity contribution in [2.75, 3.05) is 13.7 Å². The van der Waals surface area contributed by atoms with Crippen LogP contribution in [0.4, 0.5) is 0 Å². The fourth-order valence-electron chi connectivity index (χ4n) is 9.21. The van der Waals surface area contributed by atoms with Crippen molar-refractivity contribution in [2.24, 2.45) is 40.4 Å². The minimum absolute atomic E-state index is 0.00419. The molecule has 170 valence electrons. The van der Waals surface area contributed by atoms with Crippen molar-refractivity contribution in [3.63, 3.8) is 0 Å². The molecule has 1 spiro atoms. The van der Waals surface area contributed by atoms with E-state index in [2.05, 4.69) is 39.3 Å². The molecular weight excluding hydrogens is 386 g/mol. The molecule has 1 N–H and O–H groups in total. The van der Waals surface area contributed by atoms with Gasteiger partial charge in [0.15, 0.2) is 5.78 Å². The van der Waals surface area contributed by atoms with Gasteiger partial charge in [-0.1, -0.05) is 31.1 Å². The molecule has 0 aromatic heterocycles. The van der Waals surface area contributed by atoms with Crippen LogP contribution >= 0.6 is 0 Å². The van der Waals surface area contributed by atoms with Crippen molar-refractivity contribution >= 4 is 5.78 Å². The number of fused-ring (bicyclic) bond motifs is 9. The van der Waals surface area contributed by atoms with Crippen LogP contribution in [0.25, 0.3) is 0 Å². The van der Waals surface area contributed by atoms with Crippen LogP contribution in [-0.4, -0.2) is 30.6 Å². The topological polar surface area (TPSA) is 47.6 Å². The molecule has 1 aliphatic heterocycles. The van der Waals surface area contributed by atoms with E-state index in [1.165, 1.54) is 24.8 Å². The molecule has 31 heavy (non-hydrogen) atoms. The van der Waals surface area contributed by atoms with Crippen LogP contribution in [-0.2, 0) is 14.4 Å². The van der Waals surface area contributed by atoms with E-state index in [9.17, 15) is 4.79 Å². The summed E-state index contributed by atoms with van der Waals surface area (Å²) in [4.78, 5) is 17.6. The minimum atomic E-state index is 0.00419. The predicted octanol–water partition coefficient (Wildman–Crippen LogP) is 5.00. The molecule has 0 amide bonds. The van der Waals surface area contributed by atoms with Gasteiger partial charge in [0, 0.05) is 23.8 Å². The Morgan fingerprint density at radius 1 is 1.19 bits per heavy atom. The standard InChI is InChI=1S/C27H39NO3/c1-24(2)10-11-27(31-24)21-14-19(21)23-22-16(15-28-30-5)12-17-13-18(29)6-8-25(17,3)20(22)7-9-26(23,27)4/h7,13,16,19,21-23,28H,6,8-12,14-15H2,1-5H3/t16-,19+,21-,22?,23?,25-,26-,27-/m0/s1. The van der Waals surface area contributed by atoms with Crippen molar-refractivity contribution in [3.05, 3.63) is 23.3 Å². The molecule has 4 nitrogen and oxygen atoms in total.